The average Bonchev–Trinajstić information content (AvgIpc) is 2.84. The van der Waals surface area contributed by atoms with E-state index in [0.717, 1.165) is 22.4 Å². The second-order valence-electron chi connectivity index (χ2n) is 4.34. The van der Waals surface area contributed by atoms with Gasteiger partial charge in [0, 0.05) is 0 Å². The summed E-state index contributed by atoms with van der Waals surface area (Å²) in [5.41, 5.74) is 4.41. The van der Waals surface area contributed by atoms with E-state index in [9.17, 15) is 0 Å². The van der Waals surface area contributed by atoms with Crippen molar-refractivity contribution in [1.82, 2.24) is 9.97 Å². The van der Waals surface area contributed by atoms with Crippen molar-refractivity contribution < 1.29 is 0 Å². The number of hydrogen-bond donors (Lipinski definition) is 1. The number of para-hydroxylation sites is 2. The van der Waals surface area contributed by atoms with E-state index in [1.807, 2.05) is 42.5 Å². The molecule has 0 unspecified atom stereocenters. The number of allylic oxidation sites excluding steroid dienone is 1. The molecule has 2 nitrogen and oxygen atoms in total. The highest BCUT2D eigenvalue weighted by molar-refractivity contribution is 5.83. The van der Waals surface area contributed by atoms with Gasteiger partial charge in [0.25, 0.3) is 0 Å². The quantitative estimate of drug-likeness (QED) is 0.709. The fourth-order valence-corrected chi connectivity index (χ4v) is 2.01. The van der Waals surface area contributed by atoms with Crippen LogP contribution in [-0.2, 0) is 0 Å². The lowest BCUT2D eigenvalue weighted by atomic mass is 10.1. The van der Waals surface area contributed by atoms with Crippen LogP contribution >= 0.6 is 0 Å². The highest BCUT2D eigenvalue weighted by Crippen LogP contribution is 2.18. The predicted molar refractivity (Wildman–Crippen MR) is 76.1 cm³/mol. The predicted octanol–water partition coefficient (Wildman–Crippen LogP) is 4.12. The molecule has 3 rings (SSSR count). The number of imidazole rings is 1. The summed E-state index contributed by atoms with van der Waals surface area (Å²) in [5, 5.41) is 0. The van der Waals surface area contributed by atoms with Gasteiger partial charge in [0.2, 0.25) is 0 Å². The molecule has 1 N–H and O–H groups in total. The van der Waals surface area contributed by atoms with Crippen LogP contribution in [0, 0.1) is 0 Å². The number of nitrogens with zero attached hydrogens (tertiary/aromatic N) is 1. The number of fused-ring (bicyclic) bond motifs is 1. The average molecular weight is 234 g/mol. The minimum atomic E-state index is 0.931. The zero-order valence-electron chi connectivity index (χ0n) is 10.2. The van der Waals surface area contributed by atoms with E-state index in [1.165, 1.54) is 5.56 Å². The molecule has 0 radical (unpaired) electrons. The lowest BCUT2D eigenvalue weighted by Gasteiger charge is -1.96. The molecule has 0 aliphatic rings. The maximum absolute atomic E-state index is 4.58. The highest BCUT2D eigenvalue weighted by Gasteiger charge is 2.03. The number of hydrogen-bond acceptors (Lipinski definition) is 1. The lowest BCUT2D eigenvalue weighted by molar-refractivity contribution is 1.26. The van der Waals surface area contributed by atoms with Crippen LogP contribution in [0.2, 0.25) is 0 Å². The van der Waals surface area contributed by atoms with E-state index in [-0.39, 0.29) is 0 Å². The first kappa shape index (κ1) is 10.8. The number of aromatic amines is 1. The van der Waals surface area contributed by atoms with Gasteiger partial charge in [-0.2, -0.15) is 0 Å². The van der Waals surface area contributed by atoms with Crippen LogP contribution in [-0.4, -0.2) is 9.97 Å². The van der Waals surface area contributed by atoms with Crippen LogP contribution in [0.5, 0.6) is 0 Å². The van der Waals surface area contributed by atoms with Crippen molar-refractivity contribution in [3.05, 3.63) is 66.0 Å². The van der Waals surface area contributed by atoms with Gasteiger partial charge in [0.15, 0.2) is 0 Å². The van der Waals surface area contributed by atoms with Gasteiger partial charge in [0.1, 0.15) is 5.82 Å². The van der Waals surface area contributed by atoms with Crippen LogP contribution in [0.4, 0.5) is 0 Å². The van der Waals surface area contributed by atoms with E-state index in [1.54, 1.807) is 0 Å². The summed E-state index contributed by atoms with van der Waals surface area (Å²) in [4.78, 5) is 7.92. The molecule has 2 heteroatoms. The van der Waals surface area contributed by atoms with Crippen molar-refractivity contribution in [3.63, 3.8) is 0 Å². The molecule has 0 saturated heterocycles. The van der Waals surface area contributed by atoms with E-state index < -0.39 is 0 Å². The molecule has 1 heterocycles. The Hall–Kier alpha value is -2.35. The summed E-state index contributed by atoms with van der Waals surface area (Å²) in [7, 11) is 0. The van der Waals surface area contributed by atoms with Crippen LogP contribution in [0.25, 0.3) is 22.7 Å². The Kier molecular flexibility index (Phi) is 2.69. The van der Waals surface area contributed by atoms with E-state index in [2.05, 4.69) is 35.1 Å². The summed E-state index contributed by atoms with van der Waals surface area (Å²) in [5.74, 6) is 0.931. The van der Waals surface area contributed by atoms with Crippen molar-refractivity contribution in [2.24, 2.45) is 0 Å². The first-order valence-corrected chi connectivity index (χ1v) is 6.01. The molecule has 88 valence electrons. The second kappa shape index (κ2) is 4.49. The molecule has 0 aliphatic heterocycles. The third-order valence-corrected chi connectivity index (χ3v) is 2.95. The third kappa shape index (κ3) is 2.05. The molecule has 2 aromatic carbocycles. The molecular formula is C16H14N2. The summed E-state index contributed by atoms with van der Waals surface area (Å²) < 4.78 is 0. The molecule has 0 atom stereocenters. The largest absolute Gasteiger partial charge is 0.338 e. The molecule has 3 aromatic rings. The monoisotopic (exact) mass is 234 g/mol. The third-order valence-electron chi connectivity index (χ3n) is 2.95. The Labute approximate surface area is 106 Å². The van der Waals surface area contributed by atoms with Gasteiger partial charge < -0.3 is 4.98 Å². The fraction of sp³-hybridized carbons (Fsp3) is 0.0625. The summed E-state index contributed by atoms with van der Waals surface area (Å²) in [6, 6.07) is 18.4. The van der Waals surface area contributed by atoms with E-state index in [4.69, 9.17) is 0 Å². The number of rotatable bonds is 2. The van der Waals surface area contributed by atoms with Gasteiger partial charge in [-0.15, -0.1) is 0 Å². The van der Waals surface area contributed by atoms with Crippen LogP contribution in [0.1, 0.15) is 18.3 Å². The molecule has 0 spiro atoms. The van der Waals surface area contributed by atoms with Crippen molar-refractivity contribution in [2.75, 3.05) is 0 Å². The fourth-order valence-electron chi connectivity index (χ4n) is 2.01. The lowest BCUT2D eigenvalue weighted by Crippen LogP contribution is -1.82. The second-order valence-corrected chi connectivity index (χ2v) is 4.34. The molecule has 0 saturated carbocycles. The molecule has 0 amide bonds. The highest BCUT2D eigenvalue weighted by atomic mass is 14.9. The molecule has 0 bridgehead atoms. The Morgan fingerprint density at radius 3 is 2.50 bits per heavy atom. The first-order valence-electron chi connectivity index (χ1n) is 6.01. The Morgan fingerprint density at radius 1 is 1.00 bits per heavy atom. The smallest absolute Gasteiger partial charge is 0.134 e. The zero-order chi connectivity index (χ0) is 12.4. The van der Waals surface area contributed by atoms with Gasteiger partial charge in [-0.3, -0.25) is 0 Å². The minimum absolute atomic E-state index is 0.931. The van der Waals surface area contributed by atoms with Gasteiger partial charge in [-0.05, 0) is 36.3 Å². The summed E-state index contributed by atoms with van der Waals surface area (Å²) in [6.07, 6.45) is 2.14. The van der Waals surface area contributed by atoms with Gasteiger partial charge in [0.05, 0.1) is 11.0 Å². The number of benzene rings is 2. The maximum Gasteiger partial charge on any atom is 0.134 e. The molecule has 1 aromatic heterocycles. The number of aromatic nitrogens is 2. The van der Waals surface area contributed by atoms with E-state index in [0.29, 0.717) is 0 Å². The maximum atomic E-state index is 4.58. The summed E-state index contributed by atoms with van der Waals surface area (Å²) >= 11 is 0. The molecule has 0 fully saturated rings. The van der Waals surface area contributed by atoms with Crippen molar-refractivity contribution in [3.8, 4) is 0 Å². The SMILES string of the molecule is C/C(=C/c1ccccc1)c1nc2ccccc2[nH]1. The Balaban J connectivity index is 2.01. The van der Waals surface area contributed by atoms with Crippen LogP contribution < -0.4 is 0 Å². The van der Waals surface area contributed by atoms with E-state index >= 15 is 0 Å². The standard InChI is InChI=1S/C16H14N2/c1-12(11-13-7-3-2-4-8-13)16-17-14-9-5-6-10-15(14)18-16/h2-11H,1H3,(H,17,18)/b12-11-. The first-order chi connectivity index (χ1) is 8.83. The van der Waals surface area contributed by atoms with Gasteiger partial charge in [-0.25, -0.2) is 4.98 Å². The van der Waals surface area contributed by atoms with Crippen molar-refractivity contribution >= 4 is 22.7 Å². The molecule has 18 heavy (non-hydrogen) atoms. The van der Waals surface area contributed by atoms with Crippen LogP contribution in [0.15, 0.2) is 54.6 Å². The summed E-state index contributed by atoms with van der Waals surface area (Å²) in [6.45, 7) is 2.07. The van der Waals surface area contributed by atoms with Crippen molar-refractivity contribution in [1.29, 1.82) is 0 Å². The zero-order valence-corrected chi connectivity index (χ0v) is 10.2. The van der Waals surface area contributed by atoms with Crippen molar-refractivity contribution in [2.45, 2.75) is 6.92 Å². The molecular weight excluding hydrogens is 220 g/mol. The van der Waals surface area contributed by atoms with Crippen LogP contribution in [0.3, 0.4) is 0 Å². The normalized spacial score (nSPS) is 11.9. The van der Waals surface area contributed by atoms with Gasteiger partial charge >= 0.3 is 0 Å². The van der Waals surface area contributed by atoms with Gasteiger partial charge in [-0.1, -0.05) is 42.5 Å². The number of H-pyrrole nitrogens is 1. The topological polar surface area (TPSA) is 28.7 Å². The minimum Gasteiger partial charge on any atom is -0.338 e. The number of nitrogens with one attached hydrogen (secondary N) is 1. The molecule has 0 aliphatic carbocycles. The Bertz CT molecular complexity index is 660. The Morgan fingerprint density at radius 2 is 1.72 bits per heavy atom.